The molecule has 0 amide bonds. The van der Waals surface area contributed by atoms with Gasteiger partial charge in [-0.1, -0.05) is 11.8 Å². The third kappa shape index (κ3) is 2.34. The van der Waals surface area contributed by atoms with Crippen LogP contribution in [0.4, 0.5) is 0 Å². The molecule has 126 valence electrons. The highest BCUT2D eigenvalue weighted by molar-refractivity contribution is 7.98. The van der Waals surface area contributed by atoms with Crippen LogP contribution in [0, 0.1) is 0 Å². The van der Waals surface area contributed by atoms with Gasteiger partial charge in [-0.05, 0) is 36.6 Å². The van der Waals surface area contributed by atoms with E-state index < -0.39 is 0 Å². The predicted molar refractivity (Wildman–Crippen MR) is 100 cm³/mol. The lowest BCUT2D eigenvalue weighted by Crippen LogP contribution is -2.06. The number of nitrogens with zero attached hydrogens (tertiary/aromatic N) is 7. The molecule has 5 rings (SSSR count). The third-order valence-corrected chi connectivity index (χ3v) is 4.70. The summed E-state index contributed by atoms with van der Waals surface area (Å²) in [5.41, 5.74) is 2.65. The minimum Gasteiger partial charge on any atom is -0.299 e. The highest BCUT2D eigenvalue weighted by atomic mass is 32.2. The highest BCUT2D eigenvalue weighted by Crippen LogP contribution is 2.24. The molecule has 5 heterocycles. The van der Waals surface area contributed by atoms with Gasteiger partial charge in [-0.25, -0.2) is 19.5 Å². The first kappa shape index (κ1) is 15.0. The van der Waals surface area contributed by atoms with Gasteiger partial charge < -0.3 is 0 Å². The summed E-state index contributed by atoms with van der Waals surface area (Å²) in [5.74, 6) is 1.35. The molecule has 0 unspecified atom stereocenters. The molecule has 0 N–H and O–H groups in total. The lowest BCUT2D eigenvalue weighted by Gasteiger charge is -2.09. The van der Waals surface area contributed by atoms with Gasteiger partial charge in [-0.15, -0.1) is 5.10 Å². The number of pyridine rings is 1. The number of hydrogen-bond acceptors (Lipinski definition) is 6. The second kappa shape index (κ2) is 5.92. The van der Waals surface area contributed by atoms with E-state index in [1.807, 2.05) is 64.3 Å². The molecule has 0 saturated carbocycles. The fraction of sp³-hybridized carbons (Fsp3) is 0.0556. The maximum Gasteiger partial charge on any atom is 0.200 e. The SMILES string of the molecule is CSc1nccc(-c2nc(-n3ccc4cnccc43)c3cccn3n2)n1. The van der Waals surface area contributed by atoms with E-state index in [0.29, 0.717) is 16.7 Å². The first-order chi connectivity index (χ1) is 12.8. The van der Waals surface area contributed by atoms with Gasteiger partial charge in [0, 0.05) is 36.4 Å². The van der Waals surface area contributed by atoms with Gasteiger partial charge >= 0.3 is 0 Å². The van der Waals surface area contributed by atoms with Crippen molar-refractivity contribution in [3.63, 3.8) is 0 Å². The molecular weight excluding hydrogens is 346 g/mol. The smallest absolute Gasteiger partial charge is 0.200 e. The summed E-state index contributed by atoms with van der Waals surface area (Å²) < 4.78 is 3.87. The molecule has 0 bridgehead atoms. The number of aromatic nitrogens is 7. The van der Waals surface area contributed by atoms with Gasteiger partial charge in [0.1, 0.15) is 11.2 Å². The monoisotopic (exact) mass is 359 g/mol. The number of hydrogen-bond donors (Lipinski definition) is 0. The largest absolute Gasteiger partial charge is 0.299 e. The minimum absolute atomic E-state index is 0.553. The van der Waals surface area contributed by atoms with Crippen LogP contribution < -0.4 is 0 Å². The van der Waals surface area contributed by atoms with Crippen LogP contribution in [0.15, 0.2) is 66.5 Å². The Hall–Kier alpha value is -3.26. The maximum atomic E-state index is 4.82. The van der Waals surface area contributed by atoms with Crippen molar-refractivity contribution in [3.05, 3.63) is 61.3 Å². The summed E-state index contributed by atoms with van der Waals surface area (Å²) in [4.78, 5) is 17.8. The van der Waals surface area contributed by atoms with Crippen LogP contribution in [-0.2, 0) is 0 Å². The molecule has 0 saturated heterocycles. The lowest BCUT2D eigenvalue weighted by atomic mass is 10.3. The summed E-state index contributed by atoms with van der Waals surface area (Å²) in [7, 11) is 0. The van der Waals surface area contributed by atoms with E-state index in [1.54, 1.807) is 12.4 Å². The van der Waals surface area contributed by atoms with Crippen LogP contribution in [0.2, 0.25) is 0 Å². The topological polar surface area (TPSA) is 73.8 Å². The predicted octanol–water partition coefficient (Wildman–Crippen LogP) is 3.25. The van der Waals surface area contributed by atoms with E-state index in [-0.39, 0.29) is 0 Å². The van der Waals surface area contributed by atoms with Crippen molar-refractivity contribution >= 4 is 28.2 Å². The molecule has 0 aromatic carbocycles. The standard InChI is InChI=1S/C18H13N7S/c1-26-18-20-8-4-13(21-18)16-22-17(15-3-2-9-25(15)23-16)24-10-6-12-11-19-7-5-14(12)24/h2-11H,1H3. The molecule has 8 heteroatoms. The number of fused-ring (bicyclic) bond motifs is 2. The molecule has 0 atom stereocenters. The highest BCUT2D eigenvalue weighted by Gasteiger charge is 2.14. The van der Waals surface area contributed by atoms with Gasteiger partial charge in [0.25, 0.3) is 0 Å². The van der Waals surface area contributed by atoms with Crippen LogP contribution in [0.3, 0.4) is 0 Å². The second-order valence-corrected chi connectivity index (χ2v) is 6.42. The van der Waals surface area contributed by atoms with Gasteiger partial charge in [-0.3, -0.25) is 9.55 Å². The van der Waals surface area contributed by atoms with Crippen molar-refractivity contribution in [1.29, 1.82) is 0 Å². The average molecular weight is 359 g/mol. The molecule has 5 aromatic heterocycles. The summed E-state index contributed by atoms with van der Waals surface area (Å²) in [5, 5.41) is 6.36. The van der Waals surface area contributed by atoms with E-state index in [4.69, 9.17) is 4.98 Å². The Morgan fingerprint density at radius 3 is 2.85 bits per heavy atom. The Morgan fingerprint density at radius 2 is 1.92 bits per heavy atom. The third-order valence-electron chi connectivity index (χ3n) is 4.14. The van der Waals surface area contributed by atoms with E-state index >= 15 is 0 Å². The zero-order valence-electron chi connectivity index (χ0n) is 13.8. The molecule has 0 aliphatic carbocycles. The molecule has 0 aliphatic rings. The Labute approximate surface area is 152 Å². The summed E-state index contributed by atoms with van der Waals surface area (Å²) in [6.07, 6.45) is 11.2. The van der Waals surface area contributed by atoms with Crippen molar-refractivity contribution < 1.29 is 0 Å². The average Bonchev–Trinajstić information content (AvgIpc) is 3.34. The fourth-order valence-electron chi connectivity index (χ4n) is 2.93. The lowest BCUT2D eigenvalue weighted by molar-refractivity contribution is 0.869. The van der Waals surface area contributed by atoms with Crippen molar-refractivity contribution in [2.45, 2.75) is 5.16 Å². The van der Waals surface area contributed by atoms with Gasteiger partial charge in [0.15, 0.2) is 11.0 Å². The van der Waals surface area contributed by atoms with Crippen molar-refractivity contribution in [2.24, 2.45) is 0 Å². The molecule has 26 heavy (non-hydrogen) atoms. The molecule has 0 aliphatic heterocycles. The number of rotatable bonds is 3. The zero-order valence-corrected chi connectivity index (χ0v) is 14.6. The summed E-state index contributed by atoms with van der Waals surface area (Å²) in [6.45, 7) is 0. The molecule has 0 fully saturated rings. The van der Waals surface area contributed by atoms with E-state index in [1.165, 1.54) is 11.8 Å². The fourth-order valence-corrected chi connectivity index (χ4v) is 3.29. The van der Waals surface area contributed by atoms with Gasteiger partial charge in [-0.2, -0.15) is 0 Å². The molecule has 7 nitrogen and oxygen atoms in total. The van der Waals surface area contributed by atoms with Crippen LogP contribution in [0.1, 0.15) is 0 Å². The molecule has 0 radical (unpaired) electrons. The van der Waals surface area contributed by atoms with Crippen LogP contribution in [-0.4, -0.2) is 40.4 Å². The Bertz CT molecular complexity index is 1240. The van der Waals surface area contributed by atoms with Crippen molar-refractivity contribution in [1.82, 2.24) is 34.1 Å². The quantitative estimate of drug-likeness (QED) is 0.364. The first-order valence-corrected chi connectivity index (χ1v) is 9.20. The molecule has 5 aromatic rings. The Kier molecular flexibility index (Phi) is 3.42. The second-order valence-electron chi connectivity index (χ2n) is 5.65. The van der Waals surface area contributed by atoms with Crippen molar-refractivity contribution in [3.8, 4) is 17.3 Å². The van der Waals surface area contributed by atoms with E-state index in [2.05, 4.69) is 20.1 Å². The Morgan fingerprint density at radius 1 is 0.962 bits per heavy atom. The molecule has 0 spiro atoms. The van der Waals surface area contributed by atoms with Crippen LogP contribution in [0.25, 0.3) is 33.8 Å². The van der Waals surface area contributed by atoms with Gasteiger partial charge in [0.05, 0.1) is 5.52 Å². The van der Waals surface area contributed by atoms with Crippen LogP contribution in [0.5, 0.6) is 0 Å². The molecular formula is C18H13N7S. The van der Waals surface area contributed by atoms with E-state index in [0.717, 1.165) is 22.2 Å². The first-order valence-electron chi connectivity index (χ1n) is 7.98. The normalized spacial score (nSPS) is 11.4. The zero-order chi connectivity index (χ0) is 17.5. The maximum absolute atomic E-state index is 4.82. The summed E-state index contributed by atoms with van der Waals surface area (Å²) >= 11 is 1.49. The van der Waals surface area contributed by atoms with E-state index in [9.17, 15) is 0 Å². The van der Waals surface area contributed by atoms with Crippen molar-refractivity contribution in [2.75, 3.05) is 6.26 Å². The summed E-state index contributed by atoms with van der Waals surface area (Å²) in [6, 6.07) is 9.79. The van der Waals surface area contributed by atoms with Gasteiger partial charge in [0.2, 0.25) is 5.82 Å². The minimum atomic E-state index is 0.553. The Balaban J connectivity index is 1.78. The number of thioether (sulfide) groups is 1. The van der Waals surface area contributed by atoms with Crippen LogP contribution >= 0.6 is 11.8 Å².